The number of aromatic nitrogens is 1. The van der Waals surface area contributed by atoms with Crippen LogP contribution in [0.1, 0.15) is 18.4 Å². The first-order chi connectivity index (χ1) is 7.08. The van der Waals surface area contributed by atoms with Gasteiger partial charge in [-0.05, 0) is 31.4 Å². The molecule has 80 valence electrons. The molecular formula is C10H10Cl2N2O. The maximum atomic E-state index is 11.5. The van der Waals surface area contributed by atoms with Gasteiger partial charge >= 0.3 is 0 Å². The zero-order valence-electron chi connectivity index (χ0n) is 8.18. The van der Waals surface area contributed by atoms with Crippen LogP contribution >= 0.6 is 23.2 Å². The summed E-state index contributed by atoms with van der Waals surface area (Å²) in [4.78, 5) is 15.4. The van der Waals surface area contributed by atoms with Gasteiger partial charge in [0.1, 0.15) is 5.15 Å². The van der Waals surface area contributed by atoms with E-state index in [4.69, 9.17) is 23.2 Å². The molecule has 5 heteroatoms. The van der Waals surface area contributed by atoms with E-state index < -0.39 is 0 Å². The minimum atomic E-state index is 0.0177. The van der Waals surface area contributed by atoms with Crippen molar-refractivity contribution in [1.29, 1.82) is 0 Å². The van der Waals surface area contributed by atoms with E-state index in [1.165, 1.54) is 0 Å². The molecule has 0 aromatic carbocycles. The van der Waals surface area contributed by atoms with Gasteiger partial charge in [-0.15, -0.1) is 0 Å². The molecule has 0 saturated heterocycles. The summed E-state index contributed by atoms with van der Waals surface area (Å²) in [5, 5.41) is 3.36. The predicted molar refractivity (Wildman–Crippen MR) is 60.3 cm³/mol. The number of pyridine rings is 1. The molecule has 2 rings (SSSR count). The molecule has 0 bridgehead atoms. The molecule has 0 unspecified atom stereocenters. The smallest absolute Gasteiger partial charge is 0.227 e. The Hall–Kier alpha value is -0.800. The SMILES string of the molecule is Cc1cc(Cl)nc(Cl)c1NC(=O)C1CC1. The quantitative estimate of drug-likeness (QED) is 0.813. The first-order valence-electron chi connectivity index (χ1n) is 4.71. The number of carbonyl (C=O) groups is 1. The van der Waals surface area contributed by atoms with Crippen molar-refractivity contribution in [3.63, 3.8) is 0 Å². The van der Waals surface area contributed by atoms with E-state index in [-0.39, 0.29) is 17.0 Å². The van der Waals surface area contributed by atoms with Crippen LogP contribution in [-0.4, -0.2) is 10.9 Å². The molecule has 0 spiro atoms. The highest BCUT2D eigenvalue weighted by atomic mass is 35.5. The third-order valence-electron chi connectivity index (χ3n) is 2.34. The van der Waals surface area contributed by atoms with Crippen molar-refractivity contribution >= 4 is 34.8 Å². The van der Waals surface area contributed by atoms with Crippen molar-refractivity contribution < 1.29 is 4.79 Å². The Morgan fingerprint density at radius 1 is 1.53 bits per heavy atom. The average Bonchev–Trinajstić information content (AvgIpc) is 2.93. The van der Waals surface area contributed by atoms with Gasteiger partial charge in [0.2, 0.25) is 5.91 Å². The van der Waals surface area contributed by atoms with Crippen LogP contribution in [0.15, 0.2) is 6.07 Å². The molecule has 0 radical (unpaired) electrons. The first kappa shape index (κ1) is 10.7. The lowest BCUT2D eigenvalue weighted by molar-refractivity contribution is -0.117. The highest BCUT2D eigenvalue weighted by Crippen LogP contribution is 2.32. The third-order valence-corrected chi connectivity index (χ3v) is 2.80. The van der Waals surface area contributed by atoms with Crippen LogP contribution in [0.2, 0.25) is 10.3 Å². The van der Waals surface area contributed by atoms with Gasteiger partial charge < -0.3 is 5.32 Å². The Morgan fingerprint density at radius 2 is 2.20 bits per heavy atom. The van der Waals surface area contributed by atoms with Crippen LogP contribution in [0.4, 0.5) is 5.69 Å². The molecule has 1 aliphatic carbocycles. The summed E-state index contributed by atoms with van der Waals surface area (Å²) >= 11 is 11.6. The highest BCUT2D eigenvalue weighted by molar-refractivity contribution is 6.34. The number of amides is 1. The molecule has 1 saturated carbocycles. The number of nitrogens with one attached hydrogen (secondary N) is 1. The number of rotatable bonds is 2. The van der Waals surface area contributed by atoms with Crippen molar-refractivity contribution in [3.05, 3.63) is 21.9 Å². The second-order valence-corrected chi connectivity index (χ2v) is 4.44. The largest absolute Gasteiger partial charge is 0.323 e. The Bertz CT molecular complexity index is 393. The number of nitrogens with zero attached hydrogens (tertiary/aromatic N) is 1. The summed E-state index contributed by atoms with van der Waals surface area (Å²) < 4.78 is 0. The van der Waals surface area contributed by atoms with Crippen LogP contribution in [0.3, 0.4) is 0 Å². The third kappa shape index (κ3) is 2.41. The van der Waals surface area contributed by atoms with Gasteiger partial charge in [0.25, 0.3) is 0 Å². The molecule has 1 amide bonds. The molecule has 0 aliphatic heterocycles. The van der Waals surface area contributed by atoms with Gasteiger partial charge in [-0.3, -0.25) is 4.79 Å². The molecule has 0 atom stereocenters. The lowest BCUT2D eigenvalue weighted by Crippen LogP contribution is -2.14. The Balaban J connectivity index is 2.23. The highest BCUT2D eigenvalue weighted by Gasteiger charge is 2.30. The maximum Gasteiger partial charge on any atom is 0.227 e. The van der Waals surface area contributed by atoms with E-state index in [1.807, 2.05) is 6.92 Å². The summed E-state index contributed by atoms with van der Waals surface area (Å²) in [6.45, 7) is 1.84. The molecule has 1 aromatic heterocycles. The topological polar surface area (TPSA) is 42.0 Å². The zero-order chi connectivity index (χ0) is 11.0. The summed E-state index contributed by atoms with van der Waals surface area (Å²) in [6, 6.07) is 1.68. The van der Waals surface area contributed by atoms with Crippen molar-refractivity contribution in [2.45, 2.75) is 19.8 Å². The van der Waals surface area contributed by atoms with Gasteiger partial charge in [0.15, 0.2) is 5.15 Å². The number of hydrogen-bond donors (Lipinski definition) is 1. The van der Waals surface area contributed by atoms with Crippen molar-refractivity contribution in [3.8, 4) is 0 Å². The van der Waals surface area contributed by atoms with E-state index >= 15 is 0 Å². The van der Waals surface area contributed by atoms with E-state index in [1.54, 1.807) is 6.07 Å². The number of anilines is 1. The Kier molecular flexibility index (Phi) is 2.85. The van der Waals surface area contributed by atoms with E-state index in [9.17, 15) is 4.79 Å². The molecule has 1 aliphatic rings. The number of carbonyl (C=O) groups excluding carboxylic acids is 1. The lowest BCUT2D eigenvalue weighted by atomic mass is 10.2. The number of halogens is 2. The van der Waals surface area contributed by atoms with Crippen molar-refractivity contribution in [2.75, 3.05) is 5.32 Å². The predicted octanol–water partition coefficient (Wildman–Crippen LogP) is 3.05. The average molecular weight is 245 g/mol. The second kappa shape index (κ2) is 3.99. The van der Waals surface area contributed by atoms with E-state index in [0.717, 1.165) is 18.4 Å². The lowest BCUT2D eigenvalue weighted by Gasteiger charge is -2.09. The minimum absolute atomic E-state index is 0.0177. The normalized spacial score (nSPS) is 15.1. The number of hydrogen-bond acceptors (Lipinski definition) is 2. The summed E-state index contributed by atoms with van der Waals surface area (Å²) in [5.74, 6) is 0.167. The number of aryl methyl sites for hydroxylation is 1. The standard InChI is InChI=1S/C10H10Cl2N2O/c1-5-4-7(11)13-9(12)8(5)14-10(15)6-2-3-6/h4,6H,2-3H2,1H3,(H,14,15). The molecule has 15 heavy (non-hydrogen) atoms. The second-order valence-electron chi connectivity index (χ2n) is 3.69. The molecule has 1 fully saturated rings. The van der Waals surface area contributed by atoms with Crippen molar-refractivity contribution in [1.82, 2.24) is 4.98 Å². The summed E-state index contributed by atoms with van der Waals surface area (Å²) in [7, 11) is 0. The molecular weight excluding hydrogens is 235 g/mol. The van der Waals surface area contributed by atoms with Crippen LogP contribution in [0, 0.1) is 12.8 Å². The summed E-state index contributed by atoms with van der Waals surface area (Å²) in [5.41, 5.74) is 1.40. The van der Waals surface area contributed by atoms with Crippen LogP contribution in [-0.2, 0) is 4.79 Å². The van der Waals surface area contributed by atoms with Gasteiger partial charge in [-0.2, -0.15) is 0 Å². The molecule has 1 aromatic rings. The van der Waals surface area contributed by atoms with Gasteiger partial charge in [-0.1, -0.05) is 23.2 Å². The molecule has 1 heterocycles. The monoisotopic (exact) mass is 244 g/mol. The van der Waals surface area contributed by atoms with Gasteiger partial charge in [0, 0.05) is 5.92 Å². The maximum absolute atomic E-state index is 11.5. The van der Waals surface area contributed by atoms with E-state index in [2.05, 4.69) is 10.3 Å². The Morgan fingerprint density at radius 3 is 2.73 bits per heavy atom. The fourth-order valence-corrected chi connectivity index (χ4v) is 1.90. The zero-order valence-corrected chi connectivity index (χ0v) is 9.69. The van der Waals surface area contributed by atoms with Gasteiger partial charge in [-0.25, -0.2) is 4.98 Å². The van der Waals surface area contributed by atoms with E-state index in [0.29, 0.717) is 10.8 Å². The fourth-order valence-electron chi connectivity index (χ4n) is 1.32. The van der Waals surface area contributed by atoms with Crippen molar-refractivity contribution in [2.24, 2.45) is 5.92 Å². The fraction of sp³-hybridized carbons (Fsp3) is 0.400. The van der Waals surface area contributed by atoms with Crippen LogP contribution in [0.25, 0.3) is 0 Å². The molecule has 1 N–H and O–H groups in total. The van der Waals surface area contributed by atoms with Crippen LogP contribution in [0.5, 0.6) is 0 Å². The molecule has 3 nitrogen and oxygen atoms in total. The first-order valence-corrected chi connectivity index (χ1v) is 5.47. The van der Waals surface area contributed by atoms with Crippen LogP contribution < -0.4 is 5.32 Å². The Labute approximate surface area is 97.8 Å². The summed E-state index contributed by atoms with van der Waals surface area (Å²) in [6.07, 6.45) is 1.92. The minimum Gasteiger partial charge on any atom is -0.323 e. The van der Waals surface area contributed by atoms with Gasteiger partial charge in [0.05, 0.1) is 5.69 Å².